The Balaban J connectivity index is 2.33. The topological polar surface area (TPSA) is 87.0 Å². The molecule has 21 heavy (non-hydrogen) atoms. The molecule has 0 heterocycles. The van der Waals surface area contributed by atoms with Crippen molar-refractivity contribution < 1.29 is 24.9 Å². The van der Waals surface area contributed by atoms with Gasteiger partial charge in [-0.2, -0.15) is 0 Å². The van der Waals surface area contributed by atoms with Crippen molar-refractivity contribution in [2.75, 3.05) is 7.11 Å². The number of phenols is 2. The SMILES string of the molecule is COc1cccc(CC(C(=O)O)c2ccc(O)cc2)c1O. The van der Waals surface area contributed by atoms with Gasteiger partial charge in [0, 0.05) is 0 Å². The molecule has 0 spiro atoms. The normalized spacial score (nSPS) is 11.9. The van der Waals surface area contributed by atoms with Gasteiger partial charge in [-0.05, 0) is 35.7 Å². The molecule has 0 saturated carbocycles. The zero-order valence-corrected chi connectivity index (χ0v) is 11.5. The summed E-state index contributed by atoms with van der Waals surface area (Å²) in [6.45, 7) is 0. The lowest BCUT2D eigenvalue weighted by Gasteiger charge is -2.15. The van der Waals surface area contributed by atoms with Crippen molar-refractivity contribution in [3.8, 4) is 17.2 Å². The highest BCUT2D eigenvalue weighted by Gasteiger charge is 2.22. The summed E-state index contributed by atoms with van der Waals surface area (Å²) >= 11 is 0. The molecular weight excluding hydrogens is 272 g/mol. The molecule has 1 unspecified atom stereocenters. The van der Waals surface area contributed by atoms with E-state index >= 15 is 0 Å². The molecule has 2 aromatic rings. The Morgan fingerprint density at radius 1 is 1.14 bits per heavy atom. The molecule has 0 bridgehead atoms. The summed E-state index contributed by atoms with van der Waals surface area (Å²) in [5.74, 6) is -1.48. The van der Waals surface area contributed by atoms with Gasteiger partial charge in [-0.1, -0.05) is 24.3 Å². The number of ether oxygens (including phenoxy) is 1. The van der Waals surface area contributed by atoms with Gasteiger partial charge in [-0.25, -0.2) is 0 Å². The lowest BCUT2D eigenvalue weighted by atomic mass is 9.91. The summed E-state index contributed by atoms with van der Waals surface area (Å²) in [7, 11) is 1.44. The number of aliphatic carboxylic acids is 1. The zero-order chi connectivity index (χ0) is 15.4. The van der Waals surface area contributed by atoms with Crippen molar-refractivity contribution in [3.63, 3.8) is 0 Å². The van der Waals surface area contributed by atoms with Gasteiger partial charge in [0.25, 0.3) is 0 Å². The molecular formula is C16H16O5. The predicted octanol–water partition coefficient (Wildman–Crippen LogP) is 2.52. The monoisotopic (exact) mass is 288 g/mol. The van der Waals surface area contributed by atoms with Gasteiger partial charge in [0.15, 0.2) is 11.5 Å². The van der Waals surface area contributed by atoms with Crippen LogP contribution in [0, 0.1) is 0 Å². The highest BCUT2D eigenvalue weighted by molar-refractivity contribution is 5.77. The number of phenolic OH excluding ortho intramolecular Hbond substituents is 2. The summed E-state index contributed by atoms with van der Waals surface area (Å²) in [6, 6.07) is 11.0. The molecule has 0 aliphatic carbocycles. The minimum atomic E-state index is -0.997. The van der Waals surface area contributed by atoms with E-state index in [0.29, 0.717) is 16.9 Å². The maximum absolute atomic E-state index is 11.5. The van der Waals surface area contributed by atoms with Crippen LogP contribution in [0.3, 0.4) is 0 Å². The van der Waals surface area contributed by atoms with E-state index in [1.807, 2.05) is 0 Å². The van der Waals surface area contributed by atoms with Crippen molar-refractivity contribution in [2.45, 2.75) is 12.3 Å². The molecule has 2 rings (SSSR count). The Kier molecular flexibility index (Phi) is 4.33. The van der Waals surface area contributed by atoms with Gasteiger partial charge in [-0.3, -0.25) is 4.79 Å². The third kappa shape index (κ3) is 3.25. The van der Waals surface area contributed by atoms with Crippen molar-refractivity contribution in [1.82, 2.24) is 0 Å². The molecule has 0 aromatic heterocycles. The smallest absolute Gasteiger partial charge is 0.311 e. The summed E-state index contributed by atoms with van der Waals surface area (Å²) in [4.78, 5) is 11.5. The first-order chi connectivity index (χ1) is 10.0. The van der Waals surface area contributed by atoms with E-state index in [9.17, 15) is 20.1 Å². The first-order valence-electron chi connectivity index (χ1n) is 6.39. The maximum atomic E-state index is 11.5. The molecule has 5 nitrogen and oxygen atoms in total. The van der Waals surface area contributed by atoms with Crippen LogP contribution in [0.2, 0.25) is 0 Å². The Morgan fingerprint density at radius 3 is 2.38 bits per heavy atom. The van der Waals surface area contributed by atoms with Gasteiger partial charge < -0.3 is 20.1 Å². The quantitative estimate of drug-likeness (QED) is 0.787. The first kappa shape index (κ1) is 14.7. The first-order valence-corrected chi connectivity index (χ1v) is 6.39. The average Bonchev–Trinajstić information content (AvgIpc) is 2.47. The molecule has 0 aliphatic heterocycles. The highest BCUT2D eigenvalue weighted by atomic mass is 16.5. The second-order valence-electron chi connectivity index (χ2n) is 4.65. The Morgan fingerprint density at radius 2 is 1.81 bits per heavy atom. The average molecular weight is 288 g/mol. The molecule has 110 valence electrons. The fraction of sp³-hybridized carbons (Fsp3) is 0.188. The molecule has 1 atom stereocenters. The largest absolute Gasteiger partial charge is 0.508 e. The van der Waals surface area contributed by atoms with E-state index < -0.39 is 11.9 Å². The van der Waals surface area contributed by atoms with Gasteiger partial charge in [0.2, 0.25) is 0 Å². The summed E-state index contributed by atoms with van der Waals surface area (Å²) in [5, 5.41) is 28.7. The Labute approximate surface area is 122 Å². The Hall–Kier alpha value is -2.69. The number of benzene rings is 2. The number of carboxylic acid groups (broad SMARTS) is 1. The molecule has 0 fully saturated rings. The molecule has 0 saturated heterocycles. The standard InChI is InChI=1S/C16H16O5/c1-21-14-4-2-3-11(15(14)18)9-13(16(19)20)10-5-7-12(17)8-6-10/h2-8,13,17-18H,9H2,1H3,(H,19,20). The number of hydrogen-bond donors (Lipinski definition) is 3. The fourth-order valence-electron chi connectivity index (χ4n) is 2.17. The molecule has 2 aromatic carbocycles. The number of hydrogen-bond acceptors (Lipinski definition) is 4. The Bertz CT molecular complexity index is 634. The van der Waals surface area contributed by atoms with E-state index in [-0.39, 0.29) is 17.9 Å². The number of aromatic hydroxyl groups is 2. The number of rotatable bonds is 5. The number of carboxylic acids is 1. The van der Waals surface area contributed by atoms with Crippen molar-refractivity contribution in [1.29, 1.82) is 0 Å². The molecule has 0 radical (unpaired) electrons. The van der Waals surface area contributed by atoms with E-state index in [1.54, 1.807) is 30.3 Å². The van der Waals surface area contributed by atoms with Gasteiger partial charge in [0.1, 0.15) is 5.75 Å². The van der Waals surface area contributed by atoms with Gasteiger partial charge >= 0.3 is 5.97 Å². The molecule has 0 amide bonds. The summed E-state index contributed by atoms with van der Waals surface area (Å²) in [6.07, 6.45) is 0.128. The number of carbonyl (C=O) groups is 1. The van der Waals surface area contributed by atoms with Gasteiger partial charge in [-0.15, -0.1) is 0 Å². The third-order valence-corrected chi connectivity index (χ3v) is 3.32. The van der Waals surface area contributed by atoms with Crippen LogP contribution in [-0.4, -0.2) is 28.4 Å². The fourth-order valence-corrected chi connectivity index (χ4v) is 2.17. The van der Waals surface area contributed by atoms with Crippen molar-refractivity contribution >= 4 is 5.97 Å². The van der Waals surface area contributed by atoms with Crippen LogP contribution in [0.25, 0.3) is 0 Å². The summed E-state index contributed by atoms with van der Waals surface area (Å²) in [5.41, 5.74) is 1.05. The van der Waals surface area contributed by atoms with E-state index in [2.05, 4.69) is 0 Å². The third-order valence-electron chi connectivity index (χ3n) is 3.32. The lowest BCUT2D eigenvalue weighted by Crippen LogP contribution is -2.14. The van der Waals surface area contributed by atoms with Crippen LogP contribution in [-0.2, 0) is 11.2 Å². The van der Waals surface area contributed by atoms with Gasteiger partial charge in [0.05, 0.1) is 13.0 Å². The predicted molar refractivity (Wildman–Crippen MR) is 76.8 cm³/mol. The zero-order valence-electron chi connectivity index (χ0n) is 11.5. The van der Waals surface area contributed by atoms with Crippen LogP contribution in [0.15, 0.2) is 42.5 Å². The minimum Gasteiger partial charge on any atom is -0.508 e. The minimum absolute atomic E-state index is 0.0509. The van der Waals surface area contributed by atoms with Crippen molar-refractivity contribution in [3.05, 3.63) is 53.6 Å². The van der Waals surface area contributed by atoms with Crippen LogP contribution < -0.4 is 4.74 Å². The van der Waals surface area contributed by atoms with E-state index in [4.69, 9.17) is 4.74 Å². The molecule has 0 aliphatic rings. The highest BCUT2D eigenvalue weighted by Crippen LogP contribution is 2.33. The maximum Gasteiger partial charge on any atom is 0.311 e. The van der Waals surface area contributed by atoms with Crippen LogP contribution >= 0.6 is 0 Å². The van der Waals surface area contributed by atoms with Crippen LogP contribution in [0.5, 0.6) is 17.2 Å². The van der Waals surface area contributed by atoms with E-state index in [1.165, 1.54) is 19.2 Å². The van der Waals surface area contributed by atoms with Crippen LogP contribution in [0.4, 0.5) is 0 Å². The lowest BCUT2D eigenvalue weighted by molar-refractivity contribution is -0.138. The van der Waals surface area contributed by atoms with Crippen LogP contribution in [0.1, 0.15) is 17.0 Å². The summed E-state index contributed by atoms with van der Waals surface area (Å²) < 4.78 is 5.02. The molecule has 5 heteroatoms. The second-order valence-corrected chi connectivity index (χ2v) is 4.65. The van der Waals surface area contributed by atoms with E-state index in [0.717, 1.165) is 0 Å². The second kappa shape index (κ2) is 6.17. The number of para-hydroxylation sites is 1. The number of methoxy groups -OCH3 is 1. The molecule has 3 N–H and O–H groups in total. The van der Waals surface area contributed by atoms with Crippen molar-refractivity contribution in [2.24, 2.45) is 0 Å².